The molecule has 3 saturated carbocycles. The molecule has 0 aliphatic heterocycles. The summed E-state index contributed by atoms with van der Waals surface area (Å²) in [5.74, 6) is 2.03. The van der Waals surface area contributed by atoms with Gasteiger partial charge in [-0.25, -0.2) is 0 Å². The molecule has 0 radical (unpaired) electrons. The van der Waals surface area contributed by atoms with E-state index in [1.54, 1.807) is 0 Å². The van der Waals surface area contributed by atoms with Gasteiger partial charge in [-0.1, -0.05) is 37.1 Å². The molecule has 64 valence electrons. The summed E-state index contributed by atoms with van der Waals surface area (Å²) >= 11 is 0. The van der Waals surface area contributed by atoms with Gasteiger partial charge in [0, 0.05) is 5.41 Å². The molecule has 0 nitrogen and oxygen atoms in total. The van der Waals surface area contributed by atoms with E-state index < -0.39 is 0 Å². The maximum absolute atomic E-state index is 2.46. The highest BCUT2D eigenvalue weighted by Gasteiger charge is 2.44. The van der Waals surface area contributed by atoms with Crippen molar-refractivity contribution in [2.24, 2.45) is 17.3 Å². The van der Waals surface area contributed by atoms with Crippen molar-refractivity contribution >= 4 is 0 Å². The summed E-state index contributed by atoms with van der Waals surface area (Å²) in [6.45, 7) is 0. The molecule has 0 heterocycles. The third kappa shape index (κ3) is 0.784. The molecule has 0 N–H and O–H groups in total. The van der Waals surface area contributed by atoms with E-state index in [1.807, 2.05) is 0 Å². The van der Waals surface area contributed by atoms with Crippen molar-refractivity contribution in [2.45, 2.75) is 32.1 Å². The molecule has 0 amide bonds. The van der Waals surface area contributed by atoms with Gasteiger partial charge in [0.15, 0.2) is 0 Å². The zero-order valence-corrected chi connectivity index (χ0v) is 7.50. The van der Waals surface area contributed by atoms with Crippen molar-refractivity contribution in [1.82, 2.24) is 0 Å². The van der Waals surface area contributed by atoms with Crippen LogP contribution in [-0.2, 0) is 0 Å². The van der Waals surface area contributed by atoms with Crippen molar-refractivity contribution < 1.29 is 0 Å². The van der Waals surface area contributed by atoms with E-state index in [4.69, 9.17) is 0 Å². The lowest BCUT2D eigenvalue weighted by Crippen LogP contribution is -2.38. The Labute approximate surface area is 74.4 Å². The van der Waals surface area contributed by atoms with Gasteiger partial charge in [0.2, 0.25) is 0 Å². The van der Waals surface area contributed by atoms with Gasteiger partial charge < -0.3 is 0 Å². The lowest BCUT2D eigenvalue weighted by molar-refractivity contribution is 0.0774. The average Bonchev–Trinajstić information content (AvgIpc) is 2.55. The molecule has 0 aromatic heterocycles. The third-order valence-electron chi connectivity index (χ3n) is 4.17. The van der Waals surface area contributed by atoms with E-state index in [-0.39, 0.29) is 0 Å². The van der Waals surface area contributed by atoms with Crippen LogP contribution < -0.4 is 0 Å². The molecule has 0 heteroatoms. The first-order chi connectivity index (χ1) is 5.89. The van der Waals surface area contributed by atoms with Gasteiger partial charge in [-0.3, -0.25) is 0 Å². The Kier molecular flexibility index (Phi) is 1.30. The molecule has 0 unspecified atom stereocenters. The number of rotatable bonds is 0. The van der Waals surface area contributed by atoms with E-state index >= 15 is 0 Å². The molecule has 2 bridgehead atoms. The first-order valence-electron chi connectivity index (χ1n) is 5.26. The summed E-state index contributed by atoms with van der Waals surface area (Å²) in [5, 5.41) is 0. The standard InChI is InChI=1S/C12H16/c1-2-8-12(7-1)9-10-3-5-11(12)6-4-10/h1-2,7-8,10-11H,3-6,9H2. The lowest BCUT2D eigenvalue weighted by atomic mass is 9.56. The Bertz CT molecular complexity index is 227. The number of allylic oxidation sites excluding steroid dienone is 4. The maximum atomic E-state index is 2.46. The predicted octanol–water partition coefficient (Wildman–Crippen LogP) is 3.31. The molecule has 4 rings (SSSR count). The summed E-state index contributed by atoms with van der Waals surface area (Å²) in [5.41, 5.74) is 0.529. The van der Waals surface area contributed by atoms with Crippen LogP contribution in [0.1, 0.15) is 32.1 Å². The quantitative estimate of drug-likeness (QED) is 0.510. The van der Waals surface area contributed by atoms with E-state index in [9.17, 15) is 0 Å². The largest absolute Gasteiger partial charge is 0.0743 e. The lowest BCUT2D eigenvalue weighted by Gasteiger charge is -2.48. The van der Waals surface area contributed by atoms with Gasteiger partial charge in [0.25, 0.3) is 0 Å². The van der Waals surface area contributed by atoms with Crippen LogP contribution in [0.15, 0.2) is 24.3 Å². The molecule has 3 fully saturated rings. The van der Waals surface area contributed by atoms with Crippen molar-refractivity contribution in [3.05, 3.63) is 24.3 Å². The first-order valence-corrected chi connectivity index (χ1v) is 5.26. The van der Waals surface area contributed by atoms with E-state index in [1.165, 1.54) is 32.1 Å². The maximum Gasteiger partial charge on any atom is 0.00979 e. The van der Waals surface area contributed by atoms with Gasteiger partial charge in [0.05, 0.1) is 0 Å². The van der Waals surface area contributed by atoms with Crippen LogP contribution in [0.5, 0.6) is 0 Å². The second-order valence-corrected chi connectivity index (χ2v) is 4.75. The SMILES string of the molecule is C1=CC2(C=C1)CC1CCC2CC1. The minimum atomic E-state index is 0.529. The smallest absolute Gasteiger partial charge is 0.00979 e. The average molecular weight is 160 g/mol. The second-order valence-electron chi connectivity index (χ2n) is 4.75. The van der Waals surface area contributed by atoms with Gasteiger partial charge in [-0.15, -0.1) is 0 Å². The van der Waals surface area contributed by atoms with Gasteiger partial charge >= 0.3 is 0 Å². The molecule has 0 atom stereocenters. The summed E-state index contributed by atoms with van der Waals surface area (Å²) < 4.78 is 0. The minimum Gasteiger partial charge on any atom is -0.0743 e. The Morgan fingerprint density at radius 3 is 2.08 bits per heavy atom. The van der Waals surface area contributed by atoms with Crippen molar-refractivity contribution in [3.8, 4) is 0 Å². The highest BCUT2D eigenvalue weighted by Crippen LogP contribution is 2.55. The molecule has 0 aromatic carbocycles. The Balaban J connectivity index is 1.97. The van der Waals surface area contributed by atoms with Crippen LogP contribution in [0.3, 0.4) is 0 Å². The van der Waals surface area contributed by atoms with Crippen molar-refractivity contribution in [2.75, 3.05) is 0 Å². The van der Waals surface area contributed by atoms with Crippen molar-refractivity contribution in [1.29, 1.82) is 0 Å². The zero-order chi connectivity index (χ0) is 8.02. The fourth-order valence-electron chi connectivity index (χ4n) is 3.50. The molecule has 4 aliphatic carbocycles. The van der Waals surface area contributed by atoms with Gasteiger partial charge in [-0.2, -0.15) is 0 Å². The monoisotopic (exact) mass is 160 g/mol. The Morgan fingerprint density at radius 2 is 1.58 bits per heavy atom. The highest BCUT2D eigenvalue weighted by atomic mass is 14.5. The molecule has 0 aromatic rings. The summed E-state index contributed by atoms with van der Waals surface area (Å²) in [6, 6.07) is 0. The Hall–Kier alpha value is -0.520. The van der Waals surface area contributed by atoms with Crippen molar-refractivity contribution in [3.63, 3.8) is 0 Å². The summed E-state index contributed by atoms with van der Waals surface area (Å²) in [7, 11) is 0. The second kappa shape index (κ2) is 2.25. The zero-order valence-electron chi connectivity index (χ0n) is 7.50. The van der Waals surface area contributed by atoms with E-state index in [2.05, 4.69) is 24.3 Å². The topological polar surface area (TPSA) is 0 Å². The summed E-state index contributed by atoms with van der Waals surface area (Å²) in [4.78, 5) is 0. The Morgan fingerprint density at radius 1 is 0.917 bits per heavy atom. The number of fused-ring (bicyclic) bond motifs is 2. The van der Waals surface area contributed by atoms with Crippen LogP contribution >= 0.6 is 0 Å². The normalized spacial score (nSPS) is 41.3. The molecule has 1 spiro atoms. The van der Waals surface area contributed by atoms with E-state index in [0.29, 0.717) is 5.41 Å². The molecular weight excluding hydrogens is 144 g/mol. The van der Waals surface area contributed by atoms with Crippen LogP contribution in [0.2, 0.25) is 0 Å². The van der Waals surface area contributed by atoms with Gasteiger partial charge in [-0.05, 0) is 31.1 Å². The van der Waals surface area contributed by atoms with Crippen LogP contribution in [-0.4, -0.2) is 0 Å². The fraction of sp³-hybridized carbons (Fsp3) is 0.667. The summed E-state index contributed by atoms with van der Waals surface area (Å²) in [6.07, 6.45) is 16.9. The van der Waals surface area contributed by atoms with Gasteiger partial charge in [0.1, 0.15) is 0 Å². The molecular formula is C12H16. The minimum absolute atomic E-state index is 0.529. The highest BCUT2D eigenvalue weighted by molar-refractivity contribution is 5.28. The molecule has 4 aliphatic rings. The van der Waals surface area contributed by atoms with E-state index in [0.717, 1.165) is 11.8 Å². The molecule has 0 saturated heterocycles. The van der Waals surface area contributed by atoms with Crippen LogP contribution in [0.25, 0.3) is 0 Å². The first kappa shape index (κ1) is 6.94. The van der Waals surface area contributed by atoms with Crippen LogP contribution in [0.4, 0.5) is 0 Å². The predicted molar refractivity (Wildman–Crippen MR) is 50.8 cm³/mol. The number of hydrogen-bond acceptors (Lipinski definition) is 0. The van der Waals surface area contributed by atoms with Crippen LogP contribution in [0, 0.1) is 17.3 Å². The molecule has 12 heavy (non-hydrogen) atoms. The third-order valence-corrected chi connectivity index (χ3v) is 4.17. The fourth-order valence-corrected chi connectivity index (χ4v) is 3.50. The number of hydrogen-bond donors (Lipinski definition) is 0.